The second-order valence-corrected chi connectivity index (χ2v) is 4.46. The van der Waals surface area contributed by atoms with Crippen LogP contribution >= 0.6 is 0 Å². The summed E-state index contributed by atoms with van der Waals surface area (Å²) in [5.74, 6) is -0.400. The van der Waals surface area contributed by atoms with Crippen LogP contribution < -0.4 is 5.32 Å². The van der Waals surface area contributed by atoms with E-state index in [1.165, 1.54) is 6.07 Å². The van der Waals surface area contributed by atoms with Crippen LogP contribution in [-0.4, -0.2) is 4.98 Å². The first-order valence-electron chi connectivity index (χ1n) is 6.41. The van der Waals surface area contributed by atoms with Crippen molar-refractivity contribution >= 4 is 5.69 Å². The minimum Gasteiger partial charge on any atom is -0.458 e. The number of halogens is 2. The van der Waals surface area contributed by atoms with Gasteiger partial charge < -0.3 is 9.73 Å². The van der Waals surface area contributed by atoms with E-state index >= 15 is 0 Å². The predicted octanol–water partition coefficient (Wildman–Crippen LogP) is 4.23. The third-order valence-electron chi connectivity index (χ3n) is 2.97. The Labute approximate surface area is 120 Å². The molecule has 2 heterocycles. The lowest BCUT2D eigenvalue weighted by atomic mass is 10.3. The number of nitrogens with one attached hydrogen (secondary N) is 1. The standard InChI is InChI=1S/C16H12F2N2O/c17-13-6-4-11(9-14(13)18)20-10-12-5-7-16(21-12)15-3-1-2-8-19-15/h1-9,20H,10H2. The molecular formula is C16H12F2N2O. The number of hydrogen-bond donors (Lipinski definition) is 1. The van der Waals surface area contributed by atoms with E-state index in [9.17, 15) is 8.78 Å². The van der Waals surface area contributed by atoms with Gasteiger partial charge in [0.15, 0.2) is 17.4 Å². The lowest BCUT2D eigenvalue weighted by Gasteiger charge is -2.04. The topological polar surface area (TPSA) is 38.1 Å². The molecule has 0 aliphatic carbocycles. The molecule has 0 spiro atoms. The van der Waals surface area contributed by atoms with Gasteiger partial charge in [-0.1, -0.05) is 6.07 Å². The van der Waals surface area contributed by atoms with Gasteiger partial charge in [-0.25, -0.2) is 8.78 Å². The van der Waals surface area contributed by atoms with Gasteiger partial charge in [0.1, 0.15) is 11.5 Å². The van der Waals surface area contributed by atoms with Gasteiger partial charge >= 0.3 is 0 Å². The zero-order valence-corrected chi connectivity index (χ0v) is 11.0. The normalized spacial score (nSPS) is 10.6. The summed E-state index contributed by atoms with van der Waals surface area (Å²) in [6.07, 6.45) is 1.69. The molecule has 0 radical (unpaired) electrons. The maximum Gasteiger partial charge on any atom is 0.160 e. The largest absolute Gasteiger partial charge is 0.458 e. The van der Waals surface area contributed by atoms with E-state index in [0.29, 0.717) is 23.8 Å². The van der Waals surface area contributed by atoms with E-state index in [1.807, 2.05) is 30.3 Å². The number of furan rings is 1. The third kappa shape index (κ3) is 3.08. The fourth-order valence-electron chi connectivity index (χ4n) is 1.91. The highest BCUT2D eigenvalue weighted by Gasteiger charge is 2.06. The Hall–Kier alpha value is -2.69. The molecule has 0 bridgehead atoms. The molecule has 0 amide bonds. The zero-order valence-electron chi connectivity index (χ0n) is 11.0. The van der Waals surface area contributed by atoms with Crippen LogP contribution in [0.2, 0.25) is 0 Å². The van der Waals surface area contributed by atoms with E-state index in [4.69, 9.17) is 4.42 Å². The SMILES string of the molecule is Fc1ccc(NCc2ccc(-c3ccccn3)o2)cc1F. The molecule has 5 heteroatoms. The lowest BCUT2D eigenvalue weighted by molar-refractivity contribution is 0.508. The molecule has 0 aliphatic heterocycles. The molecule has 0 fully saturated rings. The van der Waals surface area contributed by atoms with Crippen LogP contribution in [0.3, 0.4) is 0 Å². The Morgan fingerprint density at radius 1 is 1.00 bits per heavy atom. The van der Waals surface area contributed by atoms with Crippen LogP contribution in [0, 0.1) is 11.6 Å². The van der Waals surface area contributed by atoms with Crippen LogP contribution in [0.5, 0.6) is 0 Å². The summed E-state index contributed by atoms with van der Waals surface area (Å²) in [6.45, 7) is 0.373. The number of hydrogen-bond acceptors (Lipinski definition) is 3. The number of pyridine rings is 1. The quantitative estimate of drug-likeness (QED) is 0.780. The highest BCUT2D eigenvalue weighted by Crippen LogP contribution is 2.21. The van der Waals surface area contributed by atoms with Gasteiger partial charge in [-0.2, -0.15) is 0 Å². The van der Waals surface area contributed by atoms with Gasteiger partial charge in [-0.15, -0.1) is 0 Å². The molecule has 2 aromatic heterocycles. The summed E-state index contributed by atoms with van der Waals surface area (Å²) >= 11 is 0. The van der Waals surface area contributed by atoms with Crippen molar-refractivity contribution in [1.82, 2.24) is 4.98 Å². The van der Waals surface area contributed by atoms with Crippen LogP contribution in [0.4, 0.5) is 14.5 Å². The van der Waals surface area contributed by atoms with Crippen LogP contribution in [0.1, 0.15) is 5.76 Å². The summed E-state index contributed by atoms with van der Waals surface area (Å²) in [5.41, 5.74) is 1.24. The molecule has 0 aliphatic rings. The molecule has 21 heavy (non-hydrogen) atoms. The number of benzene rings is 1. The van der Waals surface area contributed by atoms with E-state index in [0.717, 1.165) is 17.8 Å². The molecule has 3 aromatic rings. The maximum absolute atomic E-state index is 13.1. The Morgan fingerprint density at radius 3 is 2.67 bits per heavy atom. The fraction of sp³-hybridized carbons (Fsp3) is 0.0625. The molecule has 106 valence electrons. The molecule has 3 rings (SSSR count). The van der Waals surface area contributed by atoms with E-state index in [2.05, 4.69) is 10.3 Å². The Bertz CT molecular complexity index is 741. The van der Waals surface area contributed by atoms with Gasteiger partial charge in [0.25, 0.3) is 0 Å². The summed E-state index contributed by atoms with van der Waals surface area (Å²) < 4.78 is 31.6. The molecule has 1 aromatic carbocycles. The van der Waals surface area contributed by atoms with Gasteiger partial charge in [-0.3, -0.25) is 4.98 Å². The molecule has 0 atom stereocenters. The Morgan fingerprint density at radius 2 is 1.90 bits per heavy atom. The molecule has 0 unspecified atom stereocenters. The van der Waals surface area contributed by atoms with Gasteiger partial charge in [0.2, 0.25) is 0 Å². The van der Waals surface area contributed by atoms with Gasteiger partial charge in [0, 0.05) is 18.0 Å². The fourth-order valence-corrected chi connectivity index (χ4v) is 1.91. The smallest absolute Gasteiger partial charge is 0.160 e. The summed E-state index contributed by atoms with van der Waals surface area (Å²) in [5, 5.41) is 2.97. The third-order valence-corrected chi connectivity index (χ3v) is 2.97. The van der Waals surface area contributed by atoms with Crippen molar-refractivity contribution in [3.63, 3.8) is 0 Å². The lowest BCUT2D eigenvalue weighted by Crippen LogP contribution is -1.99. The summed E-state index contributed by atoms with van der Waals surface area (Å²) in [4.78, 5) is 4.20. The number of nitrogens with zero attached hydrogens (tertiary/aromatic N) is 1. The van der Waals surface area contributed by atoms with Crippen molar-refractivity contribution in [2.24, 2.45) is 0 Å². The molecule has 1 N–H and O–H groups in total. The van der Waals surface area contributed by atoms with Crippen LogP contribution in [-0.2, 0) is 6.54 Å². The van der Waals surface area contributed by atoms with Crippen LogP contribution in [0.25, 0.3) is 11.5 Å². The molecular weight excluding hydrogens is 274 g/mol. The molecule has 0 saturated carbocycles. The van der Waals surface area contributed by atoms with E-state index in [1.54, 1.807) is 6.20 Å². The number of rotatable bonds is 4. The monoisotopic (exact) mass is 286 g/mol. The average Bonchev–Trinajstić information content (AvgIpc) is 2.98. The maximum atomic E-state index is 13.1. The minimum absolute atomic E-state index is 0.373. The van der Waals surface area contributed by atoms with Crippen molar-refractivity contribution < 1.29 is 13.2 Å². The Kier molecular flexibility index (Phi) is 3.64. The minimum atomic E-state index is -0.881. The molecule has 0 saturated heterocycles. The van der Waals surface area contributed by atoms with Crippen LogP contribution in [0.15, 0.2) is 59.1 Å². The van der Waals surface area contributed by atoms with Crippen molar-refractivity contribution in [2.75, 3.05) is 5.32 Å². The molecule has 3 nitrogen and oxygen atoms in total. The second kappa shape index (κ2) is 5.75. The summed E-state index contributed by atoms with van der Waals surface area (Å²) in [7, 11) is 0. The van der Waals surface area contributed by atoms with Crippen molar-refractivity contribution in [3.8, 4) is 11.5 Å². The first-order chi connectivity index (χ1) is 10.2. The highest BCUT2D eigenvalue weighted by atomic mass is 19.2. The van der Waals surface area contributed by atoms with Gasteiger partial charge in [0.05, 0.1) is 6.54 Å². The average molecular weight is 286 g/mol. The zero-order chi connectivity index (χ0) is 14.7. The highest BCUT2D eigenvalue weighted by molar-refractivity contribution is 5.52. The van der Waals surface area contributed by atoms with E-state index < -0.39 is 11.6 Å². The number of aromatic nitrogens is 1. The first-order valence-corrected chi connectivity index (χ1v) is 6.41. The van der Waals surface area contributed by atoms with Crippen molar-refractivity contribution in [2.45, 2.75) is 6.54 Å². The second-order valence-electron chi connectivity index (χ2n) is 4.46. The Balaban J connectivity index is 1.69. The van der Waals surface area contributed by atoms with E-state index in [-0.39, 0.29) is 0 Å². The predicted molar refractivity (Wildman–Crippen MR) is 75.6 cm³/mol. The summed E-state index contributed by atoms with van der Waals surface area (Å²) in [6, 6.07) is 12.9. The van der Waals surface area contributed by atoms with Gasteiger partial charge in [-0.05, 0) is 36.4 Å². The number of anilines is 1. The van der Waals surface area contributed by atoms with Crippen molar-refractivity contribution in [1.29, 1.82) is 0 Å². The van der Waals surface area contributed by atoms with Crippen molar-refractivity contribution in [3.05, 3.63) is 72.1 Å². The first kappa shape index (κ1) is 13.3.